The zero-order valence-electron chi connectivity index (χ0n) is 15.8. The monoisotopic (exact) mass is 421 g/mol. The molecule has 1 heterocycles. The molecule has 1 atom stereocenters. The van der Waals surface area contributed by atoms with Crippen LogP contribution in [0.5, 0.6) is 5.75 Å². The van der Waals surface area contributed by atoms with E-state index in [0.29, 0.717) is 30.2 Å². The lowest BCUT2D eigenvalue weighted by Gasteiger charge is -2.20. The van der Waals surface area contributed by atoms with Gasteiger partial charge in [-0.2, -0.15) is 0 Å². The van der Waals surface area contributed by atoms with Crippen molar-refractivity contribution in [3.8, 4) is 5.75 Å². The summed E-state index contributed by atoms with van der Waals surface area (Å²) in [7, 11) is -3.38. The number of amides is 1. The molecule has 1 aliphatic heterocycles. The van der Waals surface area contributed by atoms with Crippen molar-refractivity contribution in [1.29, 1.82) is 0 Å². The van der Waals surface area contributed by atoms with Crippen molar-refractivity contribution in [1.82, 2.24) is 4.90 Å². The Labute approximate surface area is 171 Å². The third-order valence-electron chi connectivity index (χ3n) is 4.93. The van der Waals surface area contributed by atoms with Crippen molar-refractivity contribution in [2.45, 2.75) is 25.0 Å². The molecule has 1 saturated heterocycles. The molecule has 0 N–H and O–H groups in total. The summed E-state index contributed by atoms with van der Waals surface area (Å²) in [4.78, 5) is 14.4. The van der Waals surface area contributed by atoms with Crippen LogP contribution >= 0.6 is 11.6 Å². The number of benzene rings is 2. The molecule has 0 radical (unpaired) electrons. The first kappa shape index (κ1) is 20.7. The van der Waals surface area contributed by atoms with Gasteiger partial charge >= 0.3 is 0 Å². The first-order valence-corrected chi connectivity index (χ1v) is 11.5. The summed E-state index contributed by atoms with van der Waals surface area (Å²) in [6.45, 7) is 3.11. The minimum Gasteiger partial charge on any atom is -0.494 e. The Hall–Kier alpha value is -2.05. The second-order valence-electron chi connectivity index (χ2n) is 6.80. The third kappa shape index (κ3) is 4.86. The van der Waals surface area contributed by atoms with Crippen molar-refractivity contribution in [2.24, 2.45) is 0 Å². The number of sulfone groups is 1. The second kappa shape index (κ2) is 8.97. The Balaban J connectivity index is 1.70. The van der Waals surface area contributed by atoms with Crippen LogP contribution in [0.25, 0.3) is 0 Å². The molecule has 0 unspecified atom stereocenters. The highest BCUT2D eigenvalue weighted by molar-refractivity contribution is 7.91. The topological polar surface area (TPSA) is 63.7 Å². The van der Waals surface area contributed by atoms with Crippen molar-refractivity contribution < 1.29 is 17.9 Å². The molecule has 0 aliphatic carbocycles. The Morgan fingerprint density at radius 2 is 1.86 bits per heavy atom. The molecule has 3 rings (SSSR count). The summed E-state index contributed by atoms with van der Waals surface area (Å²) >= 11 is 6.22. The summed E-state index contributed by atoms with van der Waals surface area (Å²) in [5.41, 5.74) is 1.49. The molecule has 5 nitrogen and oxygen atoms in total. The molecule has 1 amide bonds. The van der Waals surface area contributed by atoms with Crippen LogP contribution in [0.1, 0.15) is 29.7 Å². The van der Waals surface area contributed by atoms with Gasteiger partial charge in [0.15, 0.2) is 9.84 Å². The van der Waals surface area contributed by atoms with Gasteiger partial charge in [-0.25, -0.2) is 8.42 Å². The predicted octanol–water partition coefficient (Wildman–Crippen LogP) is 3.67. The molecule has 2 aromatic carbocycles. The van der Waals surface area contributed by atoms with Crippen molar-refractivity contribution >= 4 is 27.3 Å². The average Bonchev–Trinajstić information content (AvgIpc) is 2.82. The van der Waals surface area contributed by atoms with E-state index in [-0.39, 0.29) is 24.6 Å². The van der Waals surface area contributed by atoms with Crippen LogP contribution < -0.4 is 4.74 Å². The maximum absolute atomic E-state index is 12.8. The van der Waals surface area contributed by atoms with Crippen LogP contribution in [0.4, 0.5) is 0 Å². The largest absolute Gasteiger partial charge is 0.494 e. The SMILES string of the molecule is CCOc1ccc(CC(=O)N2CC[C@@H](c3ccccc3Cl)S(=O)(=O)CC2)cc1. The first-order chi connectivity index (χ1) is 13.4. The third-order valence-corrected chi connectivity index (χ3v) is 7.39. The lowest BCUT2D eigenvalue weighted by atomic mass is 10.1. The smallest absolute Gasteiger partial charge is 0.227 e. The fourth-order valence-electron chi connectivity index (χ4n) is 3.44. The molecule has 28 heavy (non-hydrogen) atoms. The minimum absolute atomic E-state index is 0.0576. The average molecular weight is 422 g/mol. The molecular weight excluding hydrogens is 398 g/mol. The van der Waals surface area contributed by atoms with E-state index in [4.69, 9.17) is 16.3 Å². The van der Waals surface area contributed by atoms with E-state index in [1.54, 1.807) is 29.2 Å². The normalized spacial score (nSPS) is 19.1. The molecule has 2 aromatic rings. The molecule has 0 bridgehead atoms. The number of halogens is 1. The van der Waals surface area contributed by atoms with Crippen LogP contribution in [0.15, 0.2) is 48.5 Å². The summed E-state index contributed by atoms with van der Waals surface area (Å²) in [5.74, 6) is 0.638. The van der Waals surface area contributed by atoms with E-state index in [1.165, 1.54) is 0 Å². The molecule has 0 spiro atoms. The molecule has 1 aliphatic rings. The number of hydrogen-bond acceptors (Lipinski definition) is 4. The fourth-order valence-corrected chi connectivity index (χ4v) is 5.58. The lowest BCUT2D eigenvalue weighted by molar-refractivity contribution is -0.130. The van der Waals surface area contributed by atoms with Crippen molar-refractivity contribution in [2.75, 3.05) is 25.4 Å². The summed E-state index contributed by atoms with van der Waals surface area (Å²) < 4.78 is 31.0. The van der Waals surface area contributed by atoms with E-state index >= 15 is 0 Å². The van der Waals surface area contributed by atoms with Crippen molar-refractivity contribution in [3.05, 3.63) is 64.7 Å². The van der Waals surface area contributed by atoms with Gasteiger partial charge in [-0.15, -0.1) is 0 Å². The number of carbonyl (C=O) groups is 1. The van der Waals surface area contributed by atoms with Crippen LogP contribution in [0, 0.1) is 0 Å². The first-order valence-electron chi connectivity index (χ1n) is 9.36. The highest BCUT2D eigenvalue weighted by Crippen LogP contribution is 2.33. The Morgan fingerprint density at radius 3 is 2.54 bits per heavy atom. The molecule has 0 aromatic heterocycles. The number of rotatable bonds is 5. The fraction of sp³-hybridized carbons (Fsp3) is 0.381. The highest BCUT2D eigenvalue weighted by Gasteiger charge is 2.33. The Morgan fingerprint density at radius 1 is 1.14 bits per heavy atom. The van der Waals surface area contributed by atoms with Gasteiger partial charge in [0.2, 0.25) is 5.91 Å². The maximum Gasteiger partial charge on any atom is 0.227 e. The highest BCUT2D eigenvalue weighted by atomic mass is 35.5. The number of ether oxygens (including phenoxy) is 1. The van der Waals surface area contributed by atoms with E-state index in [9.17, 15) is 13.2 Å². The number of carbonyl (C=O) groups excluding carboxylic acids is 1. The van der Waals surface area contributed by atoms with Gasteiger partial charge in [-0.05, 0) is 42.7 Å². The van der Waals surface area contributed by atoms with Gasteiger partial charge in [-0.1, -0.05) is 41.9 Å². The van der Waals surface area contributed by atoms with E-state index < -0.39 is 15.1 Å². The Kier molecular flexibility index (Phi) is 6.62. The van der Waals surface area contributed by atoms with Crippen LogP contribution in [0.3, 0.4) is 0 Å². The molecule has 150 valence electrons. The predicted molar refractivity (Wildman–Crippen MR) is 110 cm³/mol. The van der Waals surface area contributed by atoms with Crippen molar-refractivity contribution in [3.63, 3.8) is 0 Å². The molecule has 1 fully saturated rings. The van der Waals surface area contributed by atoms with Gasteiger partial charge in [0.1, 0.15) is 5.75 Å². The standard InChI is InChI=1S/C21H24ClNO4S/c1-2-27-17-9-7-16(8-10-17)15-21(24)23-12-11-20(28(25,26)14-13-23)18-5-3-4-6-19(18)22/h3-10,20H,2,11-15H2,1H3/t20-/m0/s1. The molecule has 7 heteroatoms. The van der Waals surface area contributed by atoms with Gasteiger partial charge in [0, 0.05) is 18.1 Å². The number of nitrogens with zero attached hydrogens (tertiary/aromatic N) is 1. The summed E-state index contributed by atoms with van der Waals surface area (Å²) in [6, 6.07) is 14.4. The Bertz CT molecular complexity index is 928. The summed E-state index contributed by atoms with van der Waals surface area (Å²) in [6.07, 6.45) is 0.588. The zero-order valence-corrected chi connectivity index (χ0v) is 17.4. The lowest BCUT2D eigenvalue weighted by Crippen LogP contribution is -2.34. The second-order valence-corrected chi connectivity index (χ2v) is 9.51. The van der Waals surface area contributed by atoms with E-state index in [1.807, 2.05) is 31.2 Å². The van der Waals surface area contributed by atoms with Gasteiger partial charge in [0.25, 0.3) is 0 Å². The van der Waals surface area contributed by atoms with E-state index in [2.05, 4.69) is 0 Å². The van der Waals surface area contributed by atoms with Crippen LogP contribution in [0.2, 0.25) is 5.02 Å². The molecular formula is C21H24ClNO4S. The van der Waals surface area contributed by atoms with E-state index in [0.717, 1.165) is 11.3 Å². The zero-order chi connectivity index (χ0) is 20.1. The van der Waals surface area contributed by atoms with Crippen LogP contribution in [-0.2, 0) is 21.1 Å². The summed E-state index contributed by atoms with van der Waals surface area (Å²) in [5, 5.41) is -0.227. The van der Waals surface area contributed by atoms with Gasteiger partial charge in [0.05, 0.1) is 24.0 Å². The van der Waals surface area contributed by atoms with Crippen LogP contribution in [-0.4, -0.2) is 44.7 Å². The molecule has 0 saturated carbocycles. The van der Waals surface area contributed by atoms with Gasteiger partial charge in [-0.3, -0.25) is 4.79 Å². The minimum atomic E-state index is -3.38. The maximum atomic E-state index is 12.8. The van der Waals surface area contributed by atoms with Gasteiger partial charge < -0.3 is 9.64 Å². The number of hydrogen-bond donors (Lipinski definition) is 0. The quantitative estimate of drug-likeness (QED) is 0.738.